The van der Waals surface area contributed by atoms with Crippen LogP contribution in [-0.4, -0.2) is 22.9 Å². The third kappa shape index (κ3) is 2.70. The molecule has 0 radical (unpaired) electrons. The van der Waals surface area contributed by atoms with E-state index in [2.05, 4.69) is 117 Å². The molecule has 0 amide bonds. The van der Waals surface area contributed by atoms with Crippen molar-refractivity contribution in [1.29, 1.82) is 0 Å². The number of aromatic nitrogens is 1. The molecule has 1 saturated heterocycles. The van der Waals surface area contributed by atoms with Crippen molar-refractivity contribution in [2.45, 2.75) is 38.9 Å². The maximum atomic E-state index is 6.50. The maximum absolute atomic E-state index is 6.50. The second-order valence-corrected chi connectivity index (χ2v) is 9.68. The zero-order chi connectivity index (χ0) is 22.1. The highest BCUT2D eigenvalue weighted by Gasteiger charge is 2.52. The summed E-state index contributed by atoms with van der Waals surface area (Å²) in [6.07, 6.45) is 0. The first-order valence-corrected chi connectivity index (χ1v) is 11.2. The first-order chi connectivity index (χ1) is 15.4. The second-order valence-electron chi connectivity index (χ2n) is 9.68. The van der Waals surface area contributed by atoms with Gasteiger partial charge in [-0.25, -0.2) is 0 Å². The van der Waals surface area contributed by atoms with Crippen LogP contribution in [0.5, 0.6) is 0 Å². The smallest absolute Gasteiger partial charge is 0.399 e. The van der Waals surface area contributed by atoms with Gasteiger partial charge in [-0.1, -0.05) is 60.7 Å². The highest BCUT2D eigenvalue weighted by Crippen LogP contribution is 2.40. The summed E-state index contributed by atoms with van der Waals surface area (Å²) in [5, 5.41) is 4.92. The normalized spacial score (nSPS) is 17.6. The zero-order valence-electron chi connectivity index (χ0n) is 18.9. The molecule has 6 rings (SSSR count). The summed E-state index contributed by atoms with van der Waals surface area (Å²) in [7, 11) is -0.419. The highest BCUT2D eigenvalue weighted by molar-refractivity contribution is 6.66. The number of benzene rings is 4. The largest absolute Gasteiger partial charge is 0.495 e. The fourth-order valence-corrected chi connectivity index (χ4v) is 4.88. The van der Waals surface area contributed by atoms with Crippen LogP contribution in [0.2, 0.25) is 0 Å². The van der Waals surface area contributed by atoms with Crippen molar-refractivity contribution in [3.05, 3.63) is 84.9 Å². The molecule has 1 aliphatic rings. The molecule has 158 valence electrons. The van der Waals surface area contributed by atoms with Gasteiger partial charge in [0.05, 0.1) is 22.2 Å². The van der Waals surface area contributed by atoms with E-state index in [1.807, 2.05) is 0 Å². The van der Waals surface area contributed by atoms with Gasteiger partial charge in [0.2, 0.25) is 0 Å². The molecule has 0 saturated carbocycles. The molecule has 0 aliphatic carbocycles. The van der Waals surface area contributed by atoms with Crippen molar-refractivity contribution in [1.82, 2.24) is 4.57 Å². The summed E-state index contributed by atoms with van der Waals surface area (Å²) in [4.78, 5) is 0. The Morgan fingerprint density at radius 1 is 0.625 bits per heavy atom. The summed E-state index contributed by atoms with van der Waals surface area (Å²) in [5.74, 6) is 0. The molecule has 0 unspecified atom stereocenters. The highest BCUT2D eigenvalue weighted by atomic mass is 16.7. The van der Waals surface area contributed by atoms with Gasteiger partial charge < -0.3 is 13.9 Å². The number of hydrogen-bond donors (Lipinski definition) is 0. The van der Waals surface area contributed by atoms with E-state index in [4.69, 9.17) is 9.31 Å². The Kier molecular flexibility index (Phi) is 4.11. The molecule has 2 heterocycles. The van der Waals surface area contributed by atoms with Crippen LogP contribution in [0, 0.1) is 0 Å². The Labute approximate surface area is 188 Å². The molecular weight excluding hydrogens is 393 g/mol. The van der Waals surface area contributed by atoms with E-state index in [0.29, 0.717) is 0 Å². The topological polar surface area (TPSA) is 23.4 Å². The molecule has 5 aromatic rings. The van der Waals surface area contributed by atoms with E-state index in [1.54, 1.807) is 0 Å². The standard InChI is InChI=1S/C28H26BNO2/c1-27(2)28(3,4)32-29(31-27)22-15-10-16-23-26(22)25-21-14-9-8-11-19(21)17-18-24(25)30(23)20-12-6-5-7-13-20/h5-18H,1-4H3. The lowest BCUT2D eigenvalue weighted by molar-refractivity contribution is 0.00578. The van der Waals surface area contributed by atoms with Crippen molar-refractivity contribution in [2.24, 2.45) is 0 Å². The molecule has 0 bridgehead atoms. The van der Waals surface area contributed by atoms with Gasteiger partial charge in [-0.05, 0) is 68.2 Å². The number of para-hydroxylation sites is 1. The van der Waals surface area contributed by atoms with Crippen LogP contribution in [0.1, 0.15) is 27.7 Å². The molecule has 0 atom stereocenters. The Balaban J connectivity index is 1.75. The predicted octanol–water partition coefficient (Wildman–Crippen LogP) is 6.24. The summed E-state index contributed by atoms with van der Waals surface area (Å²) < 4.78 is 15.4. The molecule has 0 N–H and O–H groups in total. The van der Waals surface area contributed by atoms with Gasteiger partial charge in [-0.15, -0.1) is 0 Å². The molecule has 32 heavy (non-hydrogen) atoms. The minimum Gasteiger partial charge on any atom is -0.399 e. The van der Waals surface area contributed by atoms with Crippen LogP contribution in [0.15, 0.2) is 84.9 Å². The Bertz CT molecular complexity index is 1470. The summed E-state index contributed by atoms with van der Waals surface area (Å²) in [5.41, 5.74) is 3.80. The summed E-state index contributed by atoms with van der Waals surface area (Å²) in [6, 6.07) is 30.1. The van der Waals surface area contributed by atoms with Crippen molar-refractivity contribution in [3.63, 3.8) is 0 Å². The van der Waals surface area contributed by atoms with Crippen LogP contribution >= 0.6 is 0 Å². The maximum Gasteiger partial charge on any atom is 0.495 e. The molecule has 4 heteroatoms. The third-order valence-electron chi connectivity index (χ3n) is 7.24. The van der Waals surface area contributed by atoms with Crippen LogP contribution in [0.3, 0.4) is 0 Å². The van der Waals surface area contributed by atoms with Crippen LogP contribution in [-0.2, 0) is 9.31 Å². The monoisotopic (exact) mass is 419 g/mol. The number of rotatable bonds is 2. The Hall–Kier alpha value is -3.08. The van der Waals surface area contributed by atoms with E-state index in [1.165, 1.54) is 27.1 Å². The first-order valence-electron chi connectivity index (χ1n) is 11.2. The lowest BCUT2D eigenvalue weighted by atomic mass is 9.76. The Morgan fingerprint density at radius 2 is 1.28 bits per heavy atom. The molecule has 1 fully saturated rings. The van der Waals surface area contributed by atoms with E-state index < -0.39 is 7.12 Å². The second kappa shape index (κ2) is 6.71. The van der Waals surface area contributed by atoms with Gasteiger partial charge in [-0.2, -0.15) is 0 Å². The van der Waals surface area contributed by atoms with Crippen molar-refractivity contribution >= 4 is 45.2 Å². The summed E-state index contributed by atoms with van der Waals surface area (Å²) >= 11 is 0. The quantitative estimate of drug-likeness (QED) is 0.317. The zero-order valence-corrected chi connectivity index (χ0v) is 18.9. The van der Waals surface area contributed by atoms with E-state index >= 15 is 0 Å². The van der Waals surface area contributed by atoms with Crippen molar-refractivity contribution in [3.8, 4) is 5.69 Å². The molecule has 1 aromatic heterocycles. The fraction of sp³-hybridized carbons (Fsp3) is 0.214. The van der Waals surface area contributed by atoms with Gasteiger partial charge >= 0.3 is 7.12 Å². The number of nitrogens with zero attached hydrogens (tertiary/aromatic N) is 1. The summed E-state index contributed by atoms with van der Waals surface area (Å²) in [6.45, 7) is 8.43. The molecule has 4 aromatic carbocycles. The fourth-order valence-electron chi connectivity index (χ4n) is 4.88. The van der Waals surface area contributed by atoms with Crippen LogP contribution in [0.25, 0.3) is 38.3 Å². The lowest BCUT2D eigenvalue weighted by Gasteiger charge is -2.32. The number of fused-ring (bicyclic) bond motifs is 5. The predicted molar refractivity (Wildman–Crippen MR) is 134 cm³/mol. The molecule has 3 nitrogen and oxygen atoms in total. The molecule has 0 spiro atoms. The van der Waals surface area contributed by atoms with Gasteiger partial charge in [0.15, 0.2) is 0 Å². The van der Waals surface area contributed by atoms with Crippen molar-refractivity contribution in [2.75, 3.05) is 0 Å². The van der Waals surface area contributed by atoms with Gasteiger partial charge in [0, 0.05) is 16.5 Å². The number of hydrogen-bond acceptors (Lipinski definition) is 2. The third-order valence-corrected chi connectivity index (χ3v) is 7.24. The minimum atomic E-state index is -0.419. The van der Waals surface area contributed by atoms with Crippen molar-refractivity contribution < 1.29 is 9.31 Å². The average molecular weight is 419 g/mol. The van der Waals surface area contributed by atoms with E-state index in [-0.39, 0.29) is 11.2 Å². The SMILES string of the molecule is CC1(C)OB(c2cccc3c2c2c4ccccc4ccc2n3-c2ccccc2)OC1(C)C. The van der Waals surface area contributed by atoms with E-state index in [0.717, 1.165) is 16.7 Å². The van der Waals surface area contributed by atoms with Gasteiger partial charge in [-0.3, -0.25) is 0 Å². The van der Waals surface area contributed by atoms with Gasteiger partial charge in [0.1, 0.15) is 0 Å². The molecule has 1 aliphatic heterocycles. The first kappa shape index (κ1) is 19.6. The Morgan fingerprint density at radius 3 is 2.03 bits per heavy atom. The molecular formula is C28H26BNO2. The minimum absolute atomic E-state index is 0.389. The van der Waals surface area contributed by atoms with Gasteiger partial charge in [0.25, 0.3) is 0 Å². The van der Waals surface area contributed by atoms with Crippen LogP contribution in [0.4, 0.5) is 0 Å². The lowest BCUT2D eigenvalue weighted by Crippen LogP contribution is -2.41. The van der Waals surface area contributed by atoms with Crippen LogP contribution < -0.4 is 5.46 Å². The average Bonchev–Trinajstić information content (AvgIpc) is 3.24. The van der Waals surface area contributed by atoms with E-state index in [9.17, 15) is 0 Å².